The van der Waals surface area contributed by atoms with Gasteiger partial charge in [0.15, 0.2) is 0 Å². The van der Waals surface area contributed by atoms with Gasteiger partial charge in [-0.3, -0.25) is 9.89 Å². The van der Waals surface area contributed by atoms with Gasteiger partial charge in [0.2, 0.25) is 0 Å². The van der Waals surface area contributed by atoms with Crippen molar-refractivity contribution >= 4 is 23.2 Å². The molecule has 0 aliphatic carbocycles. The molecule has 0 amide bonds. The first-order valence-corrected chi connectivity index (χ1v) is 10.7. The zero-order valence-corrected chi connectivity index (χ0v) is 18.1. The van der Waals surface area contributed by atoms with E-state index in [1.807, 2.05) is 36.5 Å². The van der Waals surface area contributed by atoms with Crippen LogP contribution in [0.4, 0.5) is 5.82 Å². The average molecular weight is 428 g/mol. The summed E-state index contributed by atoms with van der Waals surface area (Å²) in [7, 11) is 1.71. The largest absolute Gasteiger partial charge is 0.496 e. The summed E-state index contributed by atoms with van der Waals surface area (Å²) in [5.74, 6) is 2.25. The summed E-state index contributed by atoms with van der Waals surface area (Å²) >= 11 is 0. The molecule has 1 aliphatic rings. The number of hydrogen-bond donors (Lipinski definition) is 1. The summed E-state index contributed by atoms with van der Waals surface area (Å²) in [6, 6.07) is 13.9. The summed E-state index contributed by atoms with van der Waals surface area (Å²) in [6.45, 7) is 4.07. The van der Waals surface area contributed by atoms with E-state index in [1.54, 1.807) is 13.2 Å². The topological polar surface area (TPSA) is 80.3 Å². The minimum absolute atomic E-state index is 0.460. The van der Waals surface area contributed by atoms with Crippen LogP contribution in [0.2, 0.25) is 0 Å². The van der Waals surface area contributed by atoms with Crippen molar-refractivity contribution in [2.24, 2.45) is 0 Å². The van der Waals surface area contributed by atoms with E-state index >= 15 is 0 Å². The van der Waals surface area contributed by atoms with Crippen molar-refractivity contribution in [3.8, 4) is 22.8 Å². The van der Waals surface area contributed by atoms with Crippen molar-refractivity contribution in [3.63, 3.8) is 0 Å². The van der Waals surface area contributed by atoms with Gasteiger partial charge in [-0.25, -0.2) is 4.98 Å². The minimum Gasteiger partial charge on any atom is -0.496 e. The Bertz CT molecular complexity index is 1280. The third-order valence-electron chi connectivity index (χ3n) is 6.09. The number of aromatic amines is 1. The summed E-state index contributed by atoms with van der Waals surface area (Å²) in [6.07, 6.45) is 3.51. The quantitative estimate of drug-likeness (QED) is 0.462. The van der Waals surface area contributed by atoms with Crippen molar-refractivity contribution in [3.05, 3.63) is 65.4 Å². The maximum absolute atomic E-state index is 11.1. The monoisotopic (exact) mass is 428 g/mol. The fourth-order valence-corrected chi connectivity index (χ4v) is 4.53. The average Bonchev–Trinajstić information content (AvgIpc) is 3.31. The predicted octanol–water partition coefficient (Wildman–Crippen LogP) is 4.29. The number of anilines is 1. The van der Waals surface area contributed by atoms with E-state index in [2.05, 4.69) is 28.1 Å². The van der Waals surface area contributed by atoms with Gasteiger partial charge < -0.3 is 14.4 Å². The van der Waals surface area contributed by atoms with E-state index in [4.69, 9.17) is 14.5 Å². The third-order valence-corrected chi connectivity index (χ3v) is 6.09. The van der Waals surface area contributed by atoms with Gasteiger partial charge in [0.05, 0.1) is 29.9 Å². The van der Waals surface area contributed by atoms with Crippen molar-refractivity contribution in [2.75, 3.05) is 18.6 Å². The van der Waals surface area contributed by atoms with Crippen LogP contribution in [-0.2, 0) is 24.2 Å². The molecule has 162 valence electrons. The van der Waals surface area contributed by atoms with E-state index in [-0.39, 0.29) is 0 Å². The molecule has 0 saturated heterocycles. The molecule has 0 fully saturated rings. The number of aromatic nitrogens is 3. The van der Waals surface area contributed by atoms with E-state index in [0.29, 0.717) is 18.8 Å². The van der Waals surface area contributed by atoms with Gasteiger partial charge in [-0.05, 0) is 42.2 Å². The van der Waals surface area contributed by atoms with Crippen molar-refractivity contribution in [1.82, 2.24) is 15.2 Å². The molecule has 0 bridgehead atoms. The van der Waals surface area contributed by atoms with Gasteiger partial charge in [0, 0.05) is 24.2 Å². The van der Waals surface area contributed by atoms with Crippen molar-refractivity contribution in [2.45, 2.75) is 26.3 Å². The first-order valence-electron chi connectivity index (χ1n) is 10.7. The van der Waals surface area contributed by atoms with Gasteiger partial charge in [0.25, 0.3) is 6.47 Å². The van der Waals surface area contributed by atoms with E-state index in [1.165, 1.54) is 11.1 Å². The van der Waals surface area contributed by atoms with Crippen molar-refractivity contribution in [1.29, 1.82) is 0 Å². The molecule has 7 nitrogen and oxygen atoms in total. The van der Waals surface area contributed by atoms with Crippen LogP contribution in [0.1, 0.15) is 23.6 Å². The number of benzene rings is 2. The number of nitrogens with one attached hydrogen (secondary N) is 1. The van der Waals surface area contributed by atoms with E-state index < -0.39 is 0 Å². The number of methoxy groups -OCH3 is 1. The Morgan fingerprint density at radius 3 is 2.84 bits per heavy atom. The number of fused-ring (bicyclic) bond motifs is 2. The van der Waals surface area contributed by atoms with Crippen LogP contribution < -0.4 is 14.4 Å². The Morgan fingerprint density at radius 1 is 1.19 bits per heavy atom. The number of hydrogen-bond acceptors (Lipinski definition) is 6. The number of nitrogens with zero attached hydrogens (tertiary/aromatic N) is 3. The number of carbonyl (C=O) groups excluding carboxylic acids is 1. The summed E-state index contributed by atoms with van der Waals surface area (Å²) < 4.78 is 10.9. The molecule has 0 spiro atoms. The summed E-state index contributed by atoms with van der Waals surface area (Å²) in [4.78, 5) is 18.5. The number of aryl methyl sites for hydroxylation is 1. The Hall–Kier alpha value is -3.87. The standard InChI is InChI=1S/C25H24N4O3/c1-3-16-6-4-9-23(32-15-30)24(16)21-12-20-18(13-26-28-20)25(27-21)29-11-10-17-7-5-8-22(31-2)19(17)14-29/h4-9,12-13,15H,3,10-11,14H2,1-2H3,(H,26,28). The molecule has 1 N–H and O–H groups in total. The van der Waals surface area contributed by atoms with Gasteiger partial charge in [-0.2, -0.15) is 5.10 Å². The summed E-state index contributed by atoms with van der Waals surface area (Å²) in [5.41, 5.74) is 6.01. The second-order valence-corrected chi connectivity index (χ2v) is 7.79. The molecular formula is C25H24N4O3. The van der Waals surface area contributed by atoms with E-state index in [9.17, 15) is 4.79 Å². The minimum atomic E-state index is 0.460. The molecule has 2 aromatic heterocycles. The SMILES string of the molecule is CCc1cccc(OC=O)c1-c1cc2[nH]ncc2c(N2CCc3cccc(OC)c3C2)n1. The maximum atomic E-state index is 11.1. The zero-order valence-electron chi connectivity index (χ0n) is 18.1. The highest BCUT2D eigenvalue weighted by Crippen LogP contribution is 2.38. The smallest absolute Gasteiger partial charge is 0.298 e. The van der Waals surface area contributed by atoms with E-state index in [0.717, 1.165) is 58.7 Å². The Balaban J connectivity index is 1.66. The number of ether oxygens (including phenoxy) is 2. The lowest BCUT2D eigenvalue weighted by Crippen LogP contribution is -2.31. The molecule has 0 atom stereocenters. The predicted molar refractivity (Wildman–Crippen MR) is 123 cm³/mol. The molecule has 4 aromatic rings. The van der Waals surface area contributed by atoms with Crippen LogP contribution >= 0.6 is 0 Å². The highest BCUT2D eigenvalue weighted by atomic mass is 16.5. The fraction of sp³-hybridized carbons (Fsp3) is 0.240. The Kier molecular flexibility index (Phi) is 5.23. The number of rotatable bonds is 6. The molecule has 32 heavy (non-hydrogen) atoms. The number of pyridine rings is 1. The first-order chi connectivity index (χ1) is 15.7. The first kappa shape index (κ1) is 20.1. The number of H-pyrrole nitrogens is 1. The van der Waals surface area contributed by atoms with Crippen LogP contribution in [0.5, 0.6) is 11.5 Å². The third kappa shape index (κ3) is 3.36. The maximum Gasteiger partial charge on any atom is 0.298 e. The molecule has 7 heteroatoms. The highest BCUT2D eigenvalue weighted by Gasteiger charge is 2.24. The molecule has 0 radical (unpaired) electrons. The number of carbonyl (C=O) groups is 1. The molecule has 2 aromatic carbocycles. The van der Waals surface area contributed by atoms with Crippen LogP contribution in [0.25, 0.3) is 22.2 Å². The lowest BCUT2D eigenvalue weighted by Gasteiger charge is -2.31. The van der Waals surface area contributed by atoms with Crippen LogP contribution in [0.3, 0.4) is 0 Å². The Labute approximate surface area is 186 Å². The van der Waals surface area contributed by atoms with Crippen molar-refractivity contribution < 1.29 is 14.3 Å². The lowest BCUT2D eigenvalue weighted by atomic mass is 9.98. The van der Waals surface area contributed by atoms with Crippen LogP contribution in [0.15, 0.2) is 48.7 Å². The van der Waals surface area contributed by atoms with Crippen LogP contribution in [-0.4, -0.2) is 35.3 Å². The van der Waals surface area contributed by atoms with Crippen LogP contribution in [0, 0.1) is 0 Å². The molecule has 5 rings (SSSR count). The summed E-state index contributed by atoms with van der Waals surface area (Å²) in [5, 5.41) is 8.31. The van der Waals surface area contributed by atoms with Gasteiger partial charge in [-0.15, -0.1) is 0 Å². The highest BCUT2D eigenvalue weighted by molar-refractivity contribution is 5.93. The Morgan fingerprint density at radius 2 is 2.03 bits per heavy atom. The molecule has 0 saturated carbocycles. The second-order valence-electron chi connectivity index (χ2n) is 7.79. The van der Waals surface area contributed by atoms with Gasteiger partial charge >= 0.3 is 0 Å². The molecule has 3 heterocycles. The lowest BCUT2D eigenvalue weighted by molar-refractivity contribution is -0.120. The normalized spacial score (nSPS) is 13.1. The van der Waals surface area contributed by atoms with Gasteiger partial charge in [0.1, 0.15) is 17.3 Å². The molecular weight excluding hydrogens is 404 g/mol. The second kappa shape index (κ2) is 8.34. The molecule has 1 aliphatic heterocycles. The zero-order chi connectivity index (χ0) is 22.1. The fourth-order valence-electron chi connectivity index (χ4n) is 4.53. The van der Waals surface area contributed by atoms with Gasteiger partial charge in [-0.1, -0.05) is 31.2 Å². The molecule has 0 unspecified atom stereocenters.